The third-order valence-corrected chi connectivity index (χ3v) is 4.55. The highest BCUT2D eigenvalue weighted by molar-refractivity contribution is 7.80. The number of nitrogens with zero attached hydrogens (tertiary/aromatic N) is 1. The van der Waals surface area contributed by atoms with Crippen molar-refractivity contribution in [3.63, 3.8) is 0 Å². The van der Waals surface area contributed by atoms with Crippen LogP contribution in [0.4, 0.5) is 0 Å². The Morgan fingerprint density at radius 2 is 1.81 bits per heavy atom. The molecule has 0 spiro atoms. The number of quaternary nitrogens is 1. The van der Waals surface area contributed by atoms with Crippen molar-refractivity contribution in [3.05, 3.63) is 0 Å². The summed E-state index contributed by atoms with van der Waals surface area (Å²) in [6.07, 6.45) is 7.26. The molecule has 2 N–H and O–H groups in total. The number of rotatable bonds is 1. The highest BCUT2D eigenvalue weighted by Crippen LogP contribution is 2.15. The van der Waals surface area contributed by atoms with Crippen molar-refractivity contribution in [2.75, 3.05) is 33.2 Å². The van der Waals surface area contributed by atoms with Crippen LogP contribution in [0.1, 0.15) is 32.1 Å². The molecule has 2 rings (SSSR count). The second-order valence-electron chi connectivity index (χ2n) is 5.04. The van der Waals surface area contributed by atoms with E-state index in [0.717, 1.165) is 24.2 Å². The van der Waals surface area contributed by atoms with E-state index in [0.29, 0.717) is 0 Å². The summed E-state index contributed by atoms with van der Waals surface area (Å²) in [6, 6.07) is 0.944. The molecule has 1 aliphatic carbocycles. The van der Waals surface area contributed by atoms with Crippen molar-refractivity contribution in [3.8, 4) is 0 Å². The third-order valence-electron chi connectivity index (χ3n) is 4.09. The molecule has 1 saturated carbocycles. The first-order chi connectivity index (χ1) is 7.81. The number of hydrogen-bond acceptors (Lipinski definition) is 1. The molecule has 1 aliphatic heterocycles. The van der Waals surface area contributed by atoms with Gasteiger partial charge in [0.1, 0.15) is 0 Å². The highest BCUT2D eigenvalue weighted by atomic mass is 32.1. The second kappa shape index (κ2) is 5.82. The fourth-order valence-corrected chi connectivity index (χ4v) is 3.26. The van der Waals surface area contributed by atoms with Crippen LogP contribution in [-0.2, 0) is 0 Å². The van der Waals surface area contributed by atoms with Crippen molar-refractivity contribution < 1.29 is 4.90 Å². The smallest absolute Gasteiger partial charge is 0.169 e. The van der Waals surface area contributed by atoms with E-state index in [1.807, 2.05) is 11.9 Å². The monoisotopic (exact) mass is 242 g/mol. The van der Waals surface area contributed by atoms with E-state index in [1.165, 1.54) is 45.2 Å². The van der Waals surface area contributed by atoms with Crippen molar-refractivity contribution in [2.24, 2.45) is 0 Å². The molecule has 0 aromatic carbocycles. The predicted molar refractivity (Wildman–Crippen MR) is 70.8 cm³/mol. The Labute approximate surface area is 104 Å². The topological polar surface area (TPSA) is 19.7 Å². The fraction of sp³-hybridized carbons (Fsp3) is 0.917. The first kappa shape index (κ1) is 12.1. The van der Waals surface area contributed by atoms with Gasteiger partial charge in [0.15, 0.2) is 5.11 Å². The number of thiocarbonyl (C=S) groups is 1. The summed E-state index contributed by atoms with van der Waals surface area (Å²) < 4.78 is 0. The summed E-state index contributed by atoms with van der Waals surface area (Å²) >= 11 is 5.28. The molecule has 4 heteroatoms. The van der Waals surface area contributed by atoms with Gasteiger partial charge in [0.25, 0.3) is 0 Å². The molecule has 1 saturated heterocycles. The molecular weight excluding hydrogens is 218 g/mol. The van der Waals surface area contributed by atoms with Crippen molar-refractivity contribution >= 4 is 17.3 Å². The molecule has 0 unspecified atom stereocenters. The molecule has 0 amide bonds. The first-order valence-electron chi connectivity index (χ1n) is 6.62. The molecule has 2 fully saturated rings. The van der Waals surface area contributed by atoms with Gasteiger partial charge in [0, 0.05) is 7.05 Å². The molecule has 2 aliphatic rings. The van der Waals surface area contributed by atoms with Gasteiger partial charge in [-0.25, -0.2) is 0 Å². The number of nitrogens with one attached hydrogen (secondary N) is 2. The molecule has 0 aromatic heterocycles. The Morgan fingerprint density at radius 1 is 1.19 bits per heavy atom. The lowest BCUT2D eigenvalue weighted by atomic mass is 9.94. The maximum atomic E-state index is 5.28. The molecular formula is C12H24N3S+. The van der Waals surface area contributed by atoms with Crippen molar-refractivity contribution in [2.45, 2.75) is 38.1 Å². The summed E-state index contributed by atoms with van der Waals surface area (Å²) in [5.74, 6) is 0. The maximum absolute atomic E-state index is 5.28. The lowest BCUT2D eigenvalue weighted by molar-refractivity contribution is -0.930. The van der Waals surface area contributed by atoms with Crippen LogP contribution in [0.2, 0.25) is 0 Å². The summed E-state index contributed by atoms with van der Waals surface area (Å²) in [5.41, 5.74) is 0. The van der Waals surface area contributed by atoms with E-state index in [4.69, 9.17) is 12.2 Å². The minimum Gasteiger partial charge on any atom is -0.366 e. The van der Waals surface area contributed by atoms with Crippen LogP contribution in [0, 0.1) is 0 Å². The largest absolute Gasteiger partial charge is 0.366 e. The van der Waals surface area contributed by atoms with Gasteiger partial charge < -0.3 is 15.1 Å². The van der Waals surface area contributed by atoms with Gasteiger partial charge in [-0.15, -0.1) is 0 Å². The van der Waals surface area contributed by atoms with Gasteiger partial charge in [-0.1, -0.05) is 6.42 Å². The van der Waals surface area contributed by atoms with Gasteiger partial charge in [-0.05, 0) is 37.9 Å². The van der Waals surface area contributed by atoms with Gasteiger partial charge in [0.05, 0.1) is 32.2 Å². The van der Waals surface area contributed by atoms with Crippen LogP contribution in [0.15, 0.2) is 0 Å². The van der Waals surface area contributed by atoms with E-state index in [1.54, 1.807) is 0 Å². The molecule has 1 heterocycles. The summed E-state index contributed by atoms with van der Waals surface area (Å²) in [7, 11) is 1.92. The van der Waals surface area contributed by atoms with E-state index in [2.05, 4.69) is 10.2 Å². The van der Waals surface area contributed by atoms with E-state index < -0.39 is 0 Å². The van der Waals surface area contributed by atoms with E-state index in [9.17, 15) is 0 Å². The minimum atomic E-state index is 0.919. The Bertz CT molecular complexity index is 230. The van der Waals surface area contributed by atoms with Crippen molar-refractivity contribution in [1.29, 1.82) is 0 Å². The standard InChI is InChI=1S/C12H23N3S/c1-13-12(16)15-9-7-14(8-10-15)11-5-3-2-4-6-11/h11H,2-10H2,1H3,(H,13,16)/p+1. The molecule has 3 nitrogen and oxygen atoms in total. The van der Waals surface area contributed by atoms with Gasteiger partial charge in [-0.2, -0.15) is 0 Å². The van der Waals surface area contributed by atoms with Gasteiger partial charge in [-0.3, -0.25) is 0 Å². The molecule has 16 heavy (non-hydrogen) atoms. The second-order valence-corrected chi connectivity index (χ2v) is 5.42. The van der Waals surface area contributed by atoms with Crippen LogP contribution in [-0.4, -0.2) is 49.3 Å². The molecule has 0 radical (unpaired) electrons. The Kier molecular flexibility index (Phi) is 4.41. The fourth-order valence-electron chi connectivity index (χ4n) is 3.07. The average molecular weight is 242 g/mol. The molecule has 0 atom stereocenters. The zero-order valence-corrected chi connectivity index (χ0v) is 11.1. The molecule has 0 aromatic rings. The zero-order chi connectivity index (χ0) is 11.4. The summed E-state index contributed by atoms with van der Waals surface area (Å²) in [6.45, 7) is 4.80. The van der Waals surface area contributed by atoms with Crippen LogP contribution in [0.5, 0.6) is 0 Å². The lowest BCUT2D eigenvalue weighted by Crippen LogP contribution is -3.18. The molecule has 92 valence electrons. The minimum absolute atomic E-state index is 0.919. The van der Waals surface area contributed by atoms with Crippen LogP contribution in [0.25, 0.3) is 0 Å². The SMILES string of the molecule is CNC(=S)N1CC[NH+](C2CCCCC2)CC1. The quantitative estimate of drug-likeness (QED) is 0.633. The van der Waals surface area contributed by atoms with Crippen molar-refractivity contribution in [1.82, 2.24) is 10.2 Å². The van der Waals surface area contributed by atoms with E-state index >= 15 is 0 Å². The highest BCUT2D eigenvalue weighted by Gasteiger charge is 2.28. The van der Waals surface area contributed by atoms with E-state index in [-0.39, 0.29) is 0 Å². The Balaban J connectivity index is 1.78. The predicted octanol–water partition coefficient (Wildman–Crippen LogP) is 0.0239. The first-order valence-corrected chi connectivity index (χ1v) is 7.03. The van der Waals surface area contributed by atoms with Crippen LogP contribution in [0.3, 0.4) is 0 Å². The molecule has 0 bridgehead atoms. The number of hydrogen-bond donors (Lipinski definition) is 2. The van der Waals surface area contributed by atoms with Gasteiger partial charge in [0.2, 0.25) is 0 Å². The Hall–Kier alpha value is -0.350. The van der Waals surface area contributed by atoms with Gasteiger partial charge >= 0.3 is 0 Å². The lowest BCUT2D eigenvalue weighted by Gasteiger charge is -2.38. The Morgan fingerprint density at radius 3 is 2.38 bits per heavy atom. The van der Waals surface area contributed by atoms with Crippen LogP contribution >= 0.6 is 12.2 Å². The number of piperazine rings is 1. The normalized spacial score (nSPS) is 24.4. The van der Waals surface area contributed by atoms with Crippen LogP contribution < -0.4 is 10.2 Å². The maximum Gasteiger partial charge on any atom is 0.169 e. The average Bonchev–Trinajstić information content (AvgIpc) is 2.39. The summed E-state index contributed by atoms with van der Waals surface area (Å²) in [4.78, 5) is 4.14. The zero-order valence-electron chi connectivity index (χ0n) is 10.3. The summed E-state index contributed by atoms with van der Waals surface area (Å²) in [5, 5.41) is 4.00. The third kappa shape index (κ3) is 2.86.